The van der Waals surface area contributed by atoms with Crippen molar-refractivity contribution in [2.24, 2.45) is 5.92 Å². The van der Waals surface area contributed by atoms with Gasteiger partial charge < -0.3 is 5.32 Å². The molecule has 0 aromatic heterocycles. The van der Waals surface area contributed by atoms with Gasteiger partial charge in [0.05, 0.1) is 4.92 Å². The van der Waals surface area contributed by atoms with Crippen LogP contribution in [0, 0.1) is 29.9 Å². The first-order valence-corrected chi connectivity index (χ1v) is 5.99. The van der Waals surface area contributed by atoms with E-state index in [-0.39, 0.29) is 10.6 Å². The molecule has 1 saturated carbocycles. The number of nitro groups is 1. The number of anilines is 1. The van der Waals surface area contributed by atoms with Crippen LogP contribution in [0.2, 0.25) is 0 Å². The molecule has 92 valence electrons. The summed E-state index contributed by atoms with van der Waals surface area (Å²) in [6, 6.07) is 3.93. The smallest absolute Gasteiger partial charge is 0.292 e. The van der Waals surface area contributed by atoms with Crippen LogP contribution < -0.4 is 5.32 Å². The average molecular weight is 234 g/mol. The molecule has 0 saturated heterocycles. The molecule has 0 amide bonds. The van der Waals surface area contributed by atoms with Crippen LogP contribution in [0.1, 0.15) is 30.9 Å². The quantitative estimate of drug-likeness (QED) is 0.644. The Morgan fingerprint density at radius 1 is 1.29 bits per heavy atom. The van der Waals surface area contributed by atoms with Gasteiger partial charge in [-0.25, -0.2) is 0 Å². The van der Waals surface area contributed by atoms with Crippen LogP contribution in [0.3, 0.4) is 0 Å². The fraction of sp³-hybridized carbons (Fsp3) is 0.538. The molecule has 0 bridgehead atoms. The van der Waals surface area contributed by atoms with Crippen molar-refractivity contribution in [1.82, 2.24) is 0 Å². The van der Waals surface area contributed by atoms with Gasteiger partial charge >= 0.3 is 0 Å². The maximum Gasteiger partial charge on any atom is 0.292 e. The third-order valence-corrected chi connectivity index (χ3v) is 3.54. The molecule has 4 nitrogen and oxygen atoms in total. The van der Waals surface area contributed by atoms with Crippen molar-refractivity contribution in [1.29, 1.82) is 0 Å². The van der Waals surface area contributed by atoms with Crippen molar-refractivity contribution < 1.29 is 4.92 Å². The van der Waals surface area contributed by atoms with Crippen LogP contribution in [0.15, 0.2) is 12.1 Å². The molecule has 1 aliphatic rings. The molecule has 1 fully saturated rings. The number of benzene rings is 1. The fourth-order valence-electron chi connectivity index (χ4n) is 2.31. The first-order valence-electron chi connectivity index (χ1n) is 5.99. The molecule has 2 rings (SSSR count). The predicted octanol–water partition coefficient (Wildman–Crippen LogP) is 3.42. The van der Waals surface area contributed by atoms with E-state index in [1.54, 1.807) is 6.07 Å². The van der Waals surface area contributed by atoms with Crippen LogP contribution >= 0.6 is 0 Å². The summed E-state index contributed by atoms with van der Waals surface area (Å²) in [5.41, 5.74) is 2.90. The Kier molecular flexibility index (Phi) is 3.05. The number of aryl methyl sites for hydroxylation is 2. The van der Waals surface area contributed by atoms with E-state index in [9.17, 15) is 10.1 Å². The molecular weight excluding hydrogens is 216 g/mol. The average Bonchev–Trinajstić information content (AvgIpc) is 2.20. The number of hydrogen-bond donors (Lipinski definition) is 1. The maximum absolute atomic E-state index is 11.0. The second-order valence-corrected chi connectivity index (χ2v) is 5.13. The molecular formula is C13H18N2O2. The van der Waals surface area contributed by atoms with Crippen molar-refractivity contribution in [2.75, 3.05) is 5.32 Å². The van der Waals surface area contributed by atoms with Crippen molar-refractivity contribution >= 4 is 11.4 Å². The SMILES string of the molecule is Cc1cc(NC2CC(C)C2)c([N+](=O)[O-])cc1C. The van der Waals surface area contributed by atoms with Crippen LogP contribution in [0.5, 0.6) is 0 Å². The van der Waals surface area contributed by atoms with Crippen LogP contribution in [-0.2, 0) is 0 Å². The first-order chi connectivity index (χ1) is 7.97. The van der Waals surface area contributed by atoms with Gasteiger partial charge in [0.1, 0.15) is 5.69 Å². The van der Waals surface area contributed by atoms with Gasteiger partial charge in [-0.1, -0.05) is 6.92 Å². The second kappa shape index (κ2) is 4.35. The zero-order valence-electron chi connectivity index (χ0n) is 10.5. The lowest BCUT2D eigenvalue weighted by Crippen LogP contribution is -2.34. The summed E-state index contributed by atoms with van der Waals surface area (Å²) in [5.74, 6) is 0.734. The number of nitrogens with one attached hydrogen (secondary N) is 1. The summed E-state index contributed by atoms with van der Waals surface area (Å²) in [5, 5.41) is 14.3. The highest BCUT2D eigenvalue weighted by Crippen LogP contribution is 2.34. The zero-order chi connectivity index (χ0) is 12.6. The summed E-state index contributed by atoms with van der Waals surface area (Å²) in [7, 11) is 0. The molecule has 0 radical (unpaired) electrons. The Morgan fingerprint density at radius 2 is 1.88 bits per heavy atom. The summed E-state index contributed by atoms with van der Waals surface area (Å²) >= 11 is 0. The number of nitro benzene ring substituents is 1. The van der Waals surface area contributed by atoms with Gasteiger partial charge in [-0.05, 0) is 49.8 Å². The van der Waals surface area contributed by atoms with Gasteiger partial charge in [0.2, 0.25) is 0 Å². The molecule has 0 unspecified atom stereocenters. The van der Waals surface area contributed by atoms with E-state index >= 15 is 0 Å². The molecule has 0 heterocycles. The molecule has 1 N–H and O–H groups in total. The first kappa shape index (κ1) is 11.9. The number of nitrogens with zero attached hydrogens (tertiary/aromatic N) is 1. The Hall–Kier alpha value is -1.58. The highest BCUT2D eigenvalue weighted by Gasteiger charge is 2.27. The second-order valence-electron chi connectivity index (χ2n) is 5.13. The Bertz CT molecular complexity index is 451. The van der Waals surface area contributed by atoms with Gasteiger partial charge in [0.25, 0.3) is 5.69 Å². The van der Waals surface area contributed by atoms with Gasteiger partial charge in [-0.15, -0.1) is 0 Å². The molecule has 1 aromatic carbocycles. The predicted molar refractivity (Wildman–Crippen MR) is 68.4 cm³/mol. The fourth-order valence-corrected chi connectivity index (χ4v) is 2.31. The summed E-state index contributed by atoms with van der Waals surface area (Å²) < 4.78 is 0. The lowest BCUT2D eigenvalue weighted by molar-refractivity contribution is -0.384. The summed E-state index contributed by atoms with van der Waals surface area (Å²) in [6.07, 6.45) is 2.20. The van der Waals surface area contributed by atoms with Crippen molar-refractivity contribution in [3.8, 4) is 0 Å². The normalized spacial score (nSPS) is 23.0. The third kappa shape index (κ3) is 2.40. The number of rotatable bonds is 3. The zero-order valence-corrected chi connectivity index (χ0v) is 10.5. The molecule has 17 heavy (non-hydrogen) atoms. The van der Waals surface area contributed by atoms with Gasteiger partial charge in [-0.2, -0.15) is 0 Å². The topological polar surface area (TPSA) is 55.2 Å². The van der Waals surface area contributed by atoms with E-state index in [4.69, 9.17) is 0 Å². The van der Waals surface area contributed by atoms with Crippen LogP contribution in [-0.4, -0.2) is 11.0 Å². The van der Waals surface area contributed by atoms with E-state index in [1.165, 1.54) is 0 Å². The lowest BCUT2D eigenvalue weighted by Gasteiger charge is -2.34. The van der Waals surface area contributed by atoms with Crippen molar-refractivity contribution in [3.63, 3.8) is 0 Å². The maximum atomic E-state index is 11.0. The van der Waals surface area contributed by atoms with E-state index in [0.717, 1.165) is 29.9 Å². The monoisotopic (exact) mass is 234 g/mol. The highest BCUT2D eigenvalue weighted by molar-refractivity contribution is 5.65. The molecule has 1 aliphatic carbocycles. The van der Waals surface area contributed by atoms with E-state index < -0.39 is 0 Å². The molecule has 0 aliphatic heterocycles. The van der Waals surface area contributed by atoms with Crippen LogP contribution in [0.4, 0.5) is 11.4 Å². The van der Waals surface area contributed by atoms with E-state index in [1.807, 2.05) is 19.9 Å². The van der Waals surface area contributed by atoms with Gasteiger partial charge in [0, 0.05) is 12.1 Å². The van der Waals surface area contributed by atoms with E-state index in [2.05, 4.69) is 12.2 Å². The third-order valence-electron chi connectivity index (χ3n) is 3.54. The lowest BCUT2D eigenvalue weighted by atomic mass is 9.81. The molecule has 0 spiro atoms. The molecule has 1 aromatic rings. The minimum atomic E-state index is -0.309. The Balaban J connectivity index is 2.25. The van der Waals surface area contributed by atoms with Gasteiger partial charge in [0.15, 0.2) is 0 Å². The Morgan fingerprint density at radius 3 is 2.41 bits per heavy atom. The summed E-state index contributed by atoms with van der Waals surface area (Å²) in [6.45, 7) is 6.08. The minimum absolute atomic E-state index is 0.188. The van der Waals surface area contributed by atoms with Crippen molar-refractivity contribution in [2.45, 2.75) is 39.7 Å². The number of hydrogen-bond acceptors (Lipinski definition) is 3. The van der Waals surface area contributed by atoms with E-state index in [0.29, 0.717) is 11.7 Å². The highest BCUT2D eigenvalue weighted by atomic mass is 16.6. The Labute approximate surface area is 101 Å². The van der Waals surface area contributed by atoms with Gasteiger partial charge in [-0.3, -0.25) is 10.1 Å². The summed E-state index contributed by atoms with van der Waals surface area (Å²) in [4.78, 5) is 10.7. The molecule has 0 atom stereocenters. The van der Waals surface area contributed by atoms with Crippen molar-refractivity contribution in [3.05, 3.63) is 33.4 Å². The van der Waals surface area contributed by atoms with Crippen LogP contribution in [0.25, 0.3) is 0 Å². The largest absolute Gasteiger partial charge is 0.377 e. The minimum Gasteiger partial charge on any atom is -0.377 e. The standard InChI is InChI=1S/C13H18N2O2/c1-8-4-11(5-8)14-12-6-9(2)10(3)7-13(12)15(16)17/h6-8,11,14H,4-5H2,1-3H3. The molecule has 4 heteroatoms.